The lowest BCUT2D eigenvalue weighted by Crippen LogP contribution is -2.60. The molecule has 2 heterocycles. The fourth-order valence-corrected chi connectivity index (χ4v) is 7.23. The highest BCUT2D eigenvalue weighted by Gasteiger charge is 2.44. The number of amides is 2. The van der Waals surface area contributed by atoms with Gasteiger partial charge in [-0.15, -0.1) is 6.42 Å². The van der Waals surface area contributed by atoms with E-state index in [1.165, 1.54) is 11.0 Å². The Bertz CT molecular complexity index is 2010. The van der Waals surface area contributed by atoms with E-state index < -0.39 is 121 Å². The van der Waals surface area contributed by atoms with Crippen LogP contribution in [0.1, 0.15) is 46.0 Å². The van der Waals surface area contributed by atoms with Crippen molar-refractivity contribution in [2.75, 3.05) is 106 Å². The van der Waals surface area contributed by atoms with E-state index in [0.29, 0.717) is 26.4 Å². The van der Waals surface area contributed by atoms with Crippen LogP contribution in [0.25, 0.3) is 0 Å². The molecule has 0 aromatic rings. The van der Waals surface area contributed by atoms with Crippen LogP contribution in [0, 0.1) is 18.3 Å². The standard InChI is InChI=1S/C47H76N8O22/c1-4-12-68-18-20-72-22-23-73-21-19-71-15-9-36(59)55(10-16-69-13-5-7-37(60)74-26-32(57)40(62)42-28(2)30(53-46(48)49)24-34(76-42)44(64)65)11-17-70-14-6-8-38(61)75-27-33(58)41(63)43-39(52-29(3)56)31(54-47(50)51)25-35(77-43)45(66)67/h1,24-25,28,30-33,39-43,57-58,62-63H,5-23,26-27H2,2-3H3,(H,52,56)(H,64,65)(H,66,67)(H4,48,49,53)(H4,50,51,54)/t28-,30+,31+,32-,33-,39-,40-,41-,42-,43-/m1/s1. The number of rotatable bonds is 40. The molecule has 77 heavy (non-hydrogen) atoms. The number of aliphatic imine (C=N–C) groups is 2. The molecule has 30 heteroatoms. The SMILES string of the molecule is C#CCOCCOCCOCCOCCC(=O)N(CCOCCCC(=O)OC[C@@H](O)[C@@H](O)[C@@H]1OC(C(=O)O)=C[C@H](N=C(N)N)[C@H]1C)CCOCCCC(=O)OC[C@@H](O)[C@@H](O)[C@@H]1OC(C(=O)O)=C[C@H](N=C(N)N)[C@H]1NC(C)=O. The predicted octanol–water partition coefficient (Wildman–Crippen LogP) is -4.81. The molecule has 0 aromatic heterocycles. The molecule has 0 unspecified atom stereocenters. The Morgan fingerprint density at radius 3 is 1.55 bits per heavy atom. The van der Waals surface area contributed by atoms with E-state index in [2.05, 4.69) is 21.2 Å². The van der Waals surface area contributed by atoms with Crippen molar-refractivity contribution in [3.8, 4) is 12.3 Å². The lowest BCUT2D eigenvalue weighted by Gasteiger charge is -2.38. The number of nitrogens with zero attached hydrogens (tertiary/aromatic N) is 3. The third kappa shape index (κ3) is 27.0. The molecule has 0 spiro atoms. The molecule has 0 aliphatic carbocycles. The van der Waals surface area contributed by atoms with Crippen molar-refractivity contribution in [1.29, 1.82) is 0 Å². The van der Waals surface area contributed by atoms with E-state index in [0.717, 1.165) is 13.0 Å². The van der Waals surface area contributed by atoms with Crippen LogP contribution in [0.5, 0.6) is 0 Å². The van der Waals surface area contributed by atoms with Crippen molar-refractivity contribution in [3.63, 3.8) is 0 Å². The molecule has 436 valence electrons. The van der Waals surface area contributed by atoms with E-state index in [1.807, 2.05) is 0 Å². The van der Waals surface area contributed by atoms with Crippen molar-refractivity contribution in [2.24, 2.45) is 38.8 Å². The quantitative estimate of drug-likeness (QED) is 0.00902. The number of hydrogen-bond acceptors (Lipinski definition) is 22. The van der Waals surface area contributed by atoms with Crippen molar-refractivity contribution in [1.82, 2.24) is 10.2 Å². The maximum Gasteiger partial charge on any atom is 0.370 e. The summed E-state index contributed by atoms with van der Waals surface area (Å²) in [5.41, 5.74) is 21.9. The molecular weight excluding hydrogens is 1030 g/mol. The summed E-state index contributed by atoms with van der Waals surface area (Å²) in [4.78, 5) is 82.9. The third-order valence-corrected chi connectivity index (χ3v) is 11.1. The number of carbonyl (C=O) groups excluding carboxylic acids is 4. The summed E-state index contributed by atoms with van der Waals surface area (Å²) in [5.74, 6) is -5.68. The maximum atomic E-state index is 13.3. The Balaban J connectivity index is 1.83. The highest BCUT2D eigenvalue weighted by atomic mass is 16.6. The van der Waals surface area contributed by atoms with Gasteiger partial charge in [-0.2, -0.15) is 0 Å². The molecule has 0 radical (unpaired) electrons. The summed E-state index contributed by atoms with van der Waals surface area (Å²) in [7, 11) is 0. The summed E-state index contributed by atoms with van der Waals surface area (Å²) < 4.78 is 53.8. The fourth-order valence-electron chi connectivity index (χ4n) is 7.23. The number of carboxylic acid groups (broad SMARTS) is 2. The number of nitrogens with two attached hydrogens (primary N) is 4. The topological polar surface area (TPSA) is 460 Å². The van der Waals surface area contributed by atoms with Crippen molar-refractivity contribution in [3.05, 3.63) is 23.7 Å². The second kappa shape index (κ2) is 37.4. The van der Waals surface area contributed by atoms with Crippen LogP contribution >= 0.6 is 0 Å². The highest BCUT2D eigenvalue weighted by Crippen LogP contribution is 2.29. The molecule has 2 rings (SSSR count). The van der Waals surface area contributed by atoms with Gasteiger partial charge >= 0.3 is 23.9 Å². The maximum absolute atomic E-state index is 13.3. The number of aliphatic hydroxyl groups is 4. The molecule has 2 aliphatic rings. The van der Waals surface area contributed by atoms with Gasteiger partial charge in [-0.25, -0.2) is 19.6 Å². The van der Waals surface area contributed by atoms with Crippen LogP contribution in [-0.2, 0) is 76.1 Å². The van der Waals surface area contributed by atoms with Gasteiger partial charge in [0.05, 0.1) is 84.0 Å². The Morgan fingerprint density at radius 2 is 1.08 bits per heavy atom. The number of ether oxygens (including phenoxy) is 10. The van der Waals surface area contributed by atoms with Crippen LogP contribution in [0.3, 0.4) is 0 Å². The number of aliphatic hydroxyl groups excluding tert-OH is 4. The van der Waals surface area contributed by atoms with Crippen molar-refractivity contribution in [2.45, 2.75) is 101 Å². The zero-order valence-electron chi connectivity index (χ0n) is 43.2. The highest BCUT2D eigenvalue weighted by molar-refractivity contribution is 5.86. The van der Waals surface area contributed by atoms with Gasteiger partial charge in [0.15, 0.2) is 11.9 Å². The van der Waals surface area contributed by atoms with Gasteiger partial charge in [0, 0.05) is 52.0 Å². The minimum absolute atomic E-state index is 0.00857. The molecule has 2 aliphatic heterocycles. The van der Waals surface area contributed by atoms with Crippen molar-refractivity contribution >= 4 is 47.6 Å². The Kier molecular flexibility index (Phi) is 32.4. The molecule has 15 N–H and O–H groups in total. The largest absolute Gasteiger partial charge is 0.480 e. The Morgan fingerprint density at radius 1 is 0.649 bits per heavy atom. The number of aliphatic carboxylic acids is 2. The van der Waals surface area contributed by atoms with E-state index in [-0.39, 0.29) is 110 Å². The number of nitrogens with one attached hydrogen (secondary N) is 1. The summed E-state index contributed by atoms with van der Waals surface area (Å²) in [5, 5.41) is 64.5. The summed E-state index contributed by atoms with van der Waals surface area (Å²) >= 11 is 0. The fraction of sp³-hybridized carbons (Fsp3) is 0.702. The molecule has 30 nitrogen and oxygen atoms in total. The minimum Gasteiger partial charge on any atom is -0.480 e. The molecule has 0 bridgehead atoms. The van der Waals surface area contributed by atoms with Crippen LogP contribution in [0.15, 0.2) is 33.7 Å². The van der Waals surface area contributed by atoms with Gasteiger partial charge in [-0.3, -0.25) is 19.2 Å². The average Bonchev–Trinajstić information content (AvgIpc) is 3.37. The van der Waals surface area contributed by atoms with E-state index >= 15 is 0 Å². The van der Waals surface area contributed by atoms with Gasteiger partial charge in [0.25, 0.3) is 0 Å². The lowest BCUT2D eigenvalue weighted by atomic mass is 9.88. The normalized spacial score (nSPS) is 20.4. The number of guanidine groups is 2. The Hall–Kier alpha value is -6.40. The minimum atomic E-state index is -1.90. The van der Waals surface area contributed by atoms with Crippen LogP contribution in [0.2, 0.25) is 0 Å². The second-order valence-electron chi connectivity index (χ2n) is 17.1. The predicted molar refractivity (Wildman–Crippen MR) is 267 cm³/mol. The van der Waals surface area contributed by atoms with Gasteiger partial charge in [-0.05, 0) is 25.0 Å². The van der Waals surface area contributed by atoms with Crippen LogP contribution in [-0.4, -0.2) is 243 Å². The number of carbonyl (C=O) groups is 6. The van der Waals surface area contributed by atoms with Crippen molar-refractivity contribution < 1.29 is 107 Å². The zero-order valence-corrected chi connectivity index (χ0v) is 43.2. The Labute approximate surface area is 444 Å². The molecule has 10 atom stereocenters. The molecule has 0 fully saturated rings. The first-order chi connectivity index (χ1) is 36.7. The number of carboxylic acids is 2. The van der Waals surface area contributed by atoms with E-state index in [9.17, 15) is 59.4 Å². The second-order valence-corrected chi connectivity index (χ2v) is 17.1. The first kappa shape index (κ1) is 66.7. The summed E-state index contributed by atoms with van der Waals surface area (Å²) in [6.45, 7) is 4.01. The summed E-state index contributed by atoms with van der Waals surface area (Å²) in [6, 6.07) is -3.32. The molecule has 0 saturated heterocycles. The van der Waals surface area contributed by atoms with Crippen LogP contribution < -0.4 is 28.3 Å². The van der Waals surface area contributed by atoms with Gasteiger partial charge < -0.3 is 111 Å². The monoisotopic (exact) mass is 1100 g/mol. The summed E-state index contributed by atoms with van der Waals surface area (Å²) in [6.07, 6.45) is -2.55. The lowest BCUT2D eigenvalue weighted by molar-refractivity contribution is -0.158. The van der Waals surface area contributed by atoms with Crippen LogP contribution in [0.4, 0.5) is 0 Å². The van der Waals surface area contributed by atoms with Gasteiger partial charge in [0.2, 0.25) is 23.3 Å². The smallest absolute Gasteiger partial charge is 0.370 e. The number of hydrogen-bond donors (Lipinski definition) is 11. The van der Waals surface area contributed by atoms with E-state index in [4.69, 9.17) is 76.7 Å². The first-order valence-corrected chi connectivity index (χ1v) is 24.6. The molecule has 0 aromatic carbocycles. The number of terminal acetylenes is 1. The van der Waals surface area contributed by atoms with E-state index in [1.54, 1.807) is 6.92 Å². The molecule has 0 saturated carbocycles. The third-order valence-electron chi connectivity index (χ3n) is 11.1. The van der Waals surface area contributed by atoms with Gasteiger partial charge in [0.1, 0.15) is 56.4 Å². The zero-order chi connectivity index (χ0) is 57.3. The first-order valence-electron chi connectivity index (χ1n) is 24.6. The molecule has 2 amide bonds. The number of esters is 2. The average molecular weight is 1110 g/mol. The van der Waals surface area contributed by atoms with Gasteiger partial charge in [-0.1, -0.05) is 12.8 Å². The molecular formula is C47H76N8O22.